The van der Waals surface area contributed by atoms with E-state index >= 15 is 0 Å². The van der Waals surface area contributed by atoms with Crippen LogP contribution in [0.15, 0.2) is 48.5 Å². The number of hydrogen-bond donors (Lipinski definition) is 1. The summed E-state index contributed by atoms with van der Waals surface area (Å²) in [6, 6.07) is 17.1. The lowest BCUT2D eigenvalue weighted by Crippen LogP contribution is -2.30. The average molecular weight is 362 g/mol. The topological polar surface area (TPSA) is 79.1 Å². The van der Waals surface area contributed by atoms with Crippen molar-refractivity contribution >= 4 is 5.69 Å². The molecule has 3 aromatic rings. The van der Waals surface area contributed by atoms with Crippen LogP contribution in [0.3, 0.4) is 0 Å². The van der Waals surface area contributed by atoms with Crippen LogP contribution in [0.4, 0.5) is 5.69 Å². The smallest absolute Gasteiger partial charge is 0.332 e. The minimum atomic E-state index is 0.175. The molecule has 0 radical (unpaired) electrons. The van der Waals surface area contributed by atoms with Crippen LogP contribution in [0.1, 0.15) is 17.7 Å². The number of aryl methyl sites for hydroxylation is 1. The number of anilines is 1. The van der Waals surface area contributed by atoms with Gasteiger partial charge in [0.15, 0.2) is 5.69 Å². The van der Waals surface area contributed by atoms with Crippen molar-refractivity contribution in [2.45, 2.75) is 20.3 Å². The molecule has 1 N–H and O–H groups in total. The first-order chi connectivity index (χ1) is 12.9. The molecule has 6 heteroatoms. The van der Waals surface area contributed by atoms with Gasteiger partial charge >= 0.3 is 5.82 Å². The van der Waals surface area contributed by atoms with E-state index < -0.39 is 0 Å². The second kappa shape index (κ2) is 7.42. The third-order valence-electron chi connectivity index (χ3n) is 4.70. The number of rotatable bonds is 5. The number of aromatic nitrogens is 2. The third-order valence-corrected chi connectivity index (χ3v) is 4.70. The Bertz CT molecular complexity index is 983. The molecule has 0 aliphatic carbocycles. The summed E-state index contributed by atoms with van der Waals surface area (Å²) >= 11 is 0. The summed E-state index contributed by atoms with van der Waals surface area (Å²) in [5.41, 5.74) is 4.37. The highest BCUT2D eigenvalue weighted by atomic mass is 16.5. The first kappa shape index (κ1) is 18.3. The summed E-state index contributed by atoms with van der Waals surface area (Å²) in [6.07, 6.45) is 0.442. The van der Waals surface area contributed by atoms with E-state index in [9.17, 15) is 10.4 Å². The van der Waals surface area contributed by atoms with Gasteiger partial charge in [0.25, 0.3) is 0 Å². The molecule has 1 heterocycles. The van der Waals surface area contributed by atoms with E-state index in [2.05, 4.69) is 6.07 Å². The van der Waals surface area contributed by atoms with Gasteiger partial charge in [0.1, 0.15) is 0 Å². The molecule has 0 spiro atoms. The molecular weight excluding hydrogens is 340 g/mol. The normalized spacial score (nSPS) is 10.6. The minimum Gasteiger partial charge on any atom is -0.710 e. The average Bonchev–Trinajstić information content (AvgIpc) is 2.90. The molecule has 0 aliphatic heterocycles. The molecular formula is C21H22N4O2. The first-order valence-corrected chi connectivity index (χ1v) is 8.73. The van der Waals surface area contributed by atoms with E-state index in [1.165, 1.54) is 0 Å². The molecule has 6 nitrogen and oxygen atoms in total. The highest BCUT2D eigenvalue weighted by molar-refractivity contribution is 5.67. The van der Waals surface area contributed by atoms with Gasteiger partial charge in [-0.25, -0.2) is 4.73 Å². The summed E-state index contributed by atoms with van der Waals surface area (Å²) in [5.74, 6) is 0.175. The maximum atomic E-state index is 12.7. The van der Waals surface area contributed by atoms with Gasteiger partial charge in [-0.2, -0.15) is 5.26 Å². The highest BCUT2D eigenvalue weighted by Gasteiger charge is 2.27. The van der Waals surface area contributed by atoms with E-state index in [-0.39, 0.29) is 5.82 Å². The van der Waals surface area contributed by atoms with Crippen LogP contribution in [0, 0.1) is 30.4 Å². The van der Waals surface area contributed by atoms with Crippen LogP contribution in [0.25, 0.3) is 22.6 Å². The monoisotopic (exact) mass is 362 g/mol. The van der Waals surface area contributed by atoms with E-state index in [1.54, 1.807) is 19.1 Å². The van der Waals surface area contributed by atoms with Gasteiger partial charge in [-0.05, 0) is 35.9 Å². The fourth-order valence-electron chi connectivity index (χ4n) is 3.09. The molecule has 27 heavy (non-hydrogen) atoms. The first-order valence-electron chi connectivity index (χ1n) is 8.73. The molecule has 1 aromatic heterocycles. The lowest BCUT2D eigenvalue weighted by Gasteiger charge is -2.17. The number of nitriles is 1. The van der Waals surface area contributed by atoms with Crippen molar-refractivity contribution in [2.24, 2.45) is 0 Å². The standard InChI is InChI=1S/C21H22N4O2/c1-15-5-7-17(8-6-15)20-16(2)24(26)21(25(20)27)18-9-11-19(12-10-18)23(3)14-4-13-22/h5-12,27H,4,14H2,1-3H3. The Morgan fingerprint density at radius 1 is 1.07 bits per heavy atom. The summed E-state index contributed by atoms with van der Waals surface area (Å²) in [6.45, 7) is 4.32. The Labute approximate surface area is 158 Å². The lowest BCUT2D eigenvalue weighted by molar-refractivity contribution is -0.600. The zero-order valence-corrected chi connectivity index (χ0v) is 15.7. The van der Waals surface area contributed by atoms with Crippen molar-refractivity contribution in [3.8, 4) is 28.7 Å². The molecule has 0 saturated heterocycles. The van der Waals surface area contributed by atoms with Crippen LogP contribution >= 0.6 is 0 Å². The number of nitrogens with zero attached hydrogens (tertiary/aromatic N) is 4. The molecule has 0 saturated carbocycles. The van der Waals surface area contributed by atoms with Crippen LogP contribution in [0.2, 0.25) is 0 Å². The number of hydrogen-bond acceptors (Lipinski definition) is 4. The predicted molar refractivity (Wildman–Crippen MR) is 104 cm³/mol. The molecule has 138 valence electrons. The van der Waals surface area contributed by atoms with Crippen molar-refractivity contribution in [2.75, 3.05) is 18.5 Å². The van der Waals surface area contributed by atoms with Crippen LogP contribution < -0.4 is 9.63 Å². The Morgan fingerprint density at radius 3 is 2.26 bits per heavy atom. The van der Waals surface area contributed by atoms with Gasteiger partial charge in [0.05, 0.1) is 18.1 Å². The van der Waals surface area contributed by atoms with Gasteiger partial charge in [-0.15, -0.1) is 0 Å². The van der Waals surface area contributed by atoms with E-state index in [0.29, 0.717) is 29.9 Å². The van der Waals surface area contributed by atoms with E-state index in [4.69, 9.17) is 5.26 Å². The maximum absolute atomic E-state index is 12.7. The second-order valence-corrected chi connectivity index (χ2v) is 6.61. The summed E-state index contributed by atoms with van der Waals surface area (Å²) in [5, 5.41) is 32.1. The number of imidazole rings is 1. The van der Waals surface area contributed by atoms with Crippen molar-refractivity contribution in [3.63, 3.8) is 0 Å². The Kier molecular flexibility index (Phi) is 5.04. The van der Waals surface area contributed by atoms with Crippen molar-refractivity contribution in [1.82, 2.24) is 4.73 Å². The predicted octanol–water partition coefficient (Wildman–Crippen LogP) is 3.66. The summed E-state index contributed by atoms with van der Waals surface area (Å²) < 4.78 is 1.71. The quantitative estimate of drug-likeness (QED) is 0.427. The van der Waals surface area contributed by atoms with Gasteiger partial charge in [-0.1, -0.05) is 29.8 Å². The zero-order valence-electron chi connectivity index (χ0n) is 15.7. The molecule has 0 amide bonds. The molecule has 0 aliphatic rings. The molecule has 2 aromatic carbocycles. The van der Waals surface area contributed by atoms with E-state index in [1.807, 2.05) is 55.3 Å². The molecule has 0 fully saturated rings. The fraction of sp³-hybridized carbons (Fsp3) is 0.238. The Hall–Kier alpha value is -3.46. The largest absolute Gasteiger partial charge is 0.710 e. The number of benzene rings is 2. The van der Waals surface area contributed by atoms with Crippen molar-refractivity contribution in [3.05, 3.63) is 65.0 Å². The van der Waals surface area contributed by atoms with Gasteiger partial charge in [0, 0.05) is 31.8 Å². The molecule has 0 bridgehead atoms. The lowest BCUT2D eigenvalue weighted by atomic mass is 10.1. The fourth-order valence-corrected chi connectivity index (χ4v) is 3.09. The third kappa shape index (κ3) is 3.44. The molecule has 3 rings (SSSR count). The molecule has 0 atom stereocenters. The van der Waals surface area contributed by atoms with Gasteiger partial charge < -0.3 is 15.3 Å². The molecule has 0 unspecified atom stereocenters. The van der Waals surface area contributed by atoms with Crippen LogP contribution in [0.5, 0.6) is 0 Å². The van der Waals surface area contributed by atoms with Crippen LogP contribution in [-0.4, -0.2) is 23.5 Å². The highest BCUT2D eigenvalue weighted by Crippen LogP contribution is 2.28. The summed E-state index contributed by atoms with van der Waals surface area (Å²) in [7, 11) is 1.91. The van der Waals surface area contributed by atoms with E-state index in [0.717, 1.165) is 26.3 Å². The van der Waals surface area contributed by atoms with Gasteiger partial charge in [-0.3, -0.25) is 0 Å². The van der Waals surface area contributed by atoms with Crippen LogP contribution in [-0.2, 0) is 0 Å². The minimum absolute atomic E-state index is 0.175. The second-order valence-electron chi connectivity index (χ2n) is 6.61. The Balaban J connectivity index is 1.99. The zero-order chi connectivity index (χ0) is 19.6. The van der Waals surface area contributed by atoms with Gasteiger partial charge in [0.2, 0.25) is 5.69 Å². The summed E-state index contributed by atoms with van der Waals surface area (Å²) in [4.78, 5) is 1.97. The van der Waals surface area contributed by atoms with Crippen molar-refractivity contribution in [1.29, 1.82) is 5.26 Å². The van der Waals surface area contributed by atoms with Crippen molar-refractivity contribution < 1.29 is 9.94 Å². The maximum Gasteiger partial charge on any atom is 0.332 e. The SMILES string of the molecule is Cc1ccc(-c2c(C)[n+]([O-])c(-c3ccc(N(C)CCC#N)cc3)n2O)cc1. The Morgan fingerprint density at radius 2 is 1.67 bits per heavy atom.